The Bertz CT molecular complexity index is 576. The Balaban J connectivity index is 0.00000529. The average molecular weight is 450 g/mol. The number of benzene rings is 1. The van der Waals surface area contributed by atoms with Gasteiger partial charge >= 0.3 is 0 Å². The largest absolute Gasteiger partial charge is 0.354 e. The van der Waals surface area contributed by atoms with Crippen LogP contribution in [0.3, 0.4) is 0 Å². The van der Waals surface area contributed by atoms with E-state index < -0.39 is 0 Å². The number of hydrogen-bond acceptors (Lipinski definition) is 2. The number of hydrogen-bond donors (Lipinski definition) is 2. The van der Waals surface area contributed by atoms with E-state index in [1.165, 1.54) is 11.0 Å². The molecule has 0 fully saturated rings. The maximum atomic E-state index is 13.7. The molecule has 0 saturated heterocycles. The molecule has 0 spiro atoms. The highest BCUT2D eigenvalue weighted by molar-refractivity contribution is 14.0. The number of halogens is 2. The Hall–Kier alpha value is -1.38. The molecule has 24 heavy (non-hydrogen) atoms. The zero-order valence-electron chi connectivity index (χ0n) is 15.2. The summed E-state index contributed by atoms with van der Waals surface area (Å²) >= 11 is 0. The van der Waals surface area contributed by atoms with Gasteiger partial charge < -0.3 is 15.5 Å². The molecule has 1 unspecified atom stereocenters. The van der Waals surface area contributed by atoms with Crippen molar-refractivity contribution in [1.82, 2.24) is 15.5 Å². The molecular formula is C17H28FIN4O. The fraction of sp³-hybridized carbons (Fsp3) is 0.529. The third-order valence-corrected chi connectivity index (χ3v) is 3.35. The maximum absolute atomic E-state index is 13.7. The number of likely N-dealkylation sites (N-methyl/N-ethyl adjacent to an activating group) is 1. The van der Waals surface area contributed by atoms with E-state index in [9.17, 15) is 9.18 Å². The molecule has 0 aromatic heterocycles. The minimum absolute atomic E-state index is 0. The molecule has 0 aliphatic rings. The summed E-state index contributed by atoms with van der Waals surface area (Å²) in [5.41, 5.74) is 1.44. The van der Waals surface area contributed by atoms with Gasteiger partial charge in [-0.05, 0) is 44.9 Å². The van der Waals surface area contributed by atoms with Gasteiger partial charge in [0.25, 0.3) is 0 Å². The zero-order chi connectivity index (χ0) is 17.6. The van der Waals surface area contributed by atoms with E-state index in [1.807, 2.05) is 26.8 Å². The summed E-state index contributed by atoms with van der Waals surface area (Å²) < 4.78 is 13.7. The first kappa shape index (κ1) is 22.6. The van der Waals surface area contributed by atoms with E-state index in [0.717, 1.165) is 5.56 Å². The Morgan fingerprint density at radius 1 is 1.25 bits per heavy atom. The number of amides is 1. The first-order chi connectivity index (χ1) is 10.7. The normalized spacial score (nSPS) is 12.4. The molecule has 0 radical (unpaired) electrons. The monoisotopic (exact) mass is 450 g/mol. The van der Waals surface area contributed by atoms with Gasteiger partial charge in [-0.2, -0.15) is 0 Å². The van der Waals surface area contributed by atoms with Gasteiger partial charge in [-0.25, -0.2) is 9.38 Å². The van der Waals surface area contributed by atoms with Crippen molar-refractivity contribution in [3.05, 3.63) is 35.1 Å². The molecule has 0 aliphatic heterocycles. The van der Waals surface area contributed by atoms with Gasteiger partial charge in [-0.15, -0.1) is 24.0 Å². The van der Waals surface area contributed by atoms with Gasteiger partial charge in [0.05, 0.1) is 6.04 Å². The van der Waals surface area contributed by atoms with E-state index in [4.69, 9.17) is 0 Å². The van der Waals surface area contributed by atoms with E-state index >= 15 is 0 Å². The van der Waals surface area contributed by atoms with Gasteiger partial charge in [0.1, 0.15) is 12.4 Å². The topological polar surface area (TPSA) is 56.7 Å². The number of carbonyl (C=O) groups excluding carboxylic acids is 1. The molecule has 1 amide bonds. The molecule has 0 bridgehead atoms. The summed E-state index contributed by atoms with van der Waals surface area (Å²) in [7, 11) is 3.39. The van der Waals surface area contributed by atoms with Gasteiger partial charge in [0, 0.05) is 20.1 Å². The quantitative estimate of drug-likeness (QED) is 0.412. The van der Waals surface area contributed by atoms with Crippen molar-refractivity contribution in [3.8, 4) is 0 Å². The Morgan fingerprint density at radius 3 is 2.38 bits per heavy atom. The molecule has 1 aromatic rings. The van der Waals surface area contributed by atoms with Crippen LogP contribution in [0.2, 0.25) is 0 Å². The van der Waals surface area contributed by atoms with Crippen molar-refractivity contribution in [2.45, 2.75) is 39.8 Å². The molecule has 5 nitrogen and oxygen atoms in total. The molecule has 2 N–H and O–H groups in total. The highest BCUT2D eigenvalue weighted by Crippen LogP contribution is 2.16. The number of aryl methyl sites for hydroxylation is 1. The fourth-order valence-electron chi connectivity index (χ4n) is 1.86. The van der Waals surface area contributed by atoms with Crippen molar-refractivity contribution >= 4 is 35.8 Å². The molecule has 1 aromatic carbocycles. The van der Waals surface area contributed by atoms with Crippen LogP contribution in [0.25, 0.3) is 0 Å². The molecule has 1 atom stereocenters. The summed E-state index contributed by atoms with van der Waals surface area (Å²) in [6.45, 7) is 7.69. The van der Waals surface area contributed by atoms with Crippen molar-refractivity contribution < 1.29 is 9.18 Å². The minimum Gasteiger partial charge on any atom is -0.354 e. The van der Waals surface area contributed by atoms with Gasteiger partial charge in [0.2, 0.25) is 5.91 Å². The first-order valence-electron chi connectivity index (χ1n) is 7.74. The average Bonchev–Trinajstić information content (AvgIpc) is 2.46. The minimum atomic E-state index is -0.228. The van der Waals surface area contributed by atoms with E-state index in [0.29, 0.717) is 11.5 Å². The summed E-state index contributed by atoms with van der Waals surface area (Å²) in [6.07, 6.45) is 0. The van der Waals surface area contributed by atoms with Crippen LogP contribution < -0.4 is 10.6 Å². The number of guanidine groups is 1. The highest BCUT2D eigenvalue weighted by atomic mass is 127. The summed E-state index contributed by atoms with van der Waals surface area (Å²) in [4.78, 5) is 17.5. The maximum Gasteiger partial charge on any atom is 0.243 e. The van der Waals surface area contributed by atoms with Crippen LogP contribution in [-0.4, -0.2) is 43.4 Å². The predicted molar refractivity (Wildman–Crippen MR) is 107 cm³/mol. The summed E-state index contributed by atoms with van der Waals surface area (Å²) in [6, 6.07) is 5.19. The lowest BCUT2D eigenvalue weighted by atomic mass is 10.1. The SMILES string of the molecule is Cc1ccc(C(C)NC(=NCC(=O)N(C)C)NC(C)C)cc1F.I. The second kappa shape index (κ2) is 10.5. The third kappa shape index (κ3) is 7.46. The second-order valence-electron chi connectivity index (χ2n) is 6.13. The van der Waals surface area contributed by atoms with Crippen LogP contribution in [-0.2, 0) is 4.79 Å². The van der Waals surface area contributed by atoms with Gasteiger partial charge in [-0.3, -0.25) is 4.79 Å². The molecule has 0 heterocycles. The summed E-state index contributed by atoms with van der Waals surface area (Å²) in [5, 5.41) is 6.38. The highest BCUT2D eigenvalue weighted by Gasteiger charge is 2.12. The fourth-order valence-corrected chi connectivity index (χ4v) is 1.86. The Kier molecular flexibility index (Phi) is 9.88. The van der Waals surface area contributed by atoms with Crippen LogP contribution in [0, 0.1) is 12.7 Å². The van der Waals surface area contributed by atoms with E-state index in [2.05, 4.69) is 15.6 Å². The predicted octanol–water partition coefficient (Wildman–Crippen LogP) is 2.84. The lowest BCUT2D eigenvalue weighted by molar-refractivity contribution is -0.127. The van der Waals surface area contributed by atoms with Gasteiger partial charge in [-0.1, -0.05) is 12.1 Å². The number of aliphatic imine (C=N–C) groups is 1. The Morgan fingerprint density at radius 2 is 1.88 bits per heavy atom. The smallest absolute Gasteiger partial charge is 0.243 e. The Labute approximate surface area is 161 Å². The van der Waals surface area contributed by atoms with Crippen molar-refractivity contribution in [2.75, 3.05) is 20.6 Å². The zero-order valence-corrected chi connectivity index (χ0v) is 17.5. The molecule has 136 valence electrons. The van der Waals surface area contributed by atoms with Crippen LogP contribution >= 0.6 is 24.0 Å². The van der Waals surface area contributed by atoms with E-state index in [1.54, 1.807) is 27.1 Å². The number of nitrogens with zero attached hydrogens (tertiary/aromatic N) is 2. The number of carbonyl (C=O) groups is 1. The van der Waals surface area contributed by atoms with E-state index in [-0.39, 0.29) is 54.3 Å². The van der Waals surface area contributed by atoms with Crippen molar-refractivity contribution in [2.24, 2.45) is 4.99 Å². The lowest BCUT2D eigenvalue weighted by Crippen LogP contribution is -2.43. The summed E-state index contributed by atoms with van der Waals surface area (Å²) in [5.74, 6) is 0.224. The molecular weight excluding hydrogens is 422 g/mol. The molecule has 0 aliphatic carbocycles. The molecule has 0 saturated carbocycles. The third-order valence-electron chi connectivity index (χ3n) is 3.35. The molecule has 7 heteroatoms. The van der Waals surface area contributed by atoms with Crippen LogP contribution in [0.4, 0.5) is 4.39 Å². The number of rotatable bonds is 5. The molecule has 1 rings (SSSR count). The lowest BCUT2D eigenvalue weighted by Gasteiger charge is -2.21. The van der Waals surface area contributed by atoms with Crippen molar-refractivity contribution in [3.63, 3.8) is 0 Å². The van der Waals surface area contributed by atoms with Crippen LogP contribution in [0.15, 0.2) is 23.2 Å². The van der Waals surface area contributed by atoms with Crippen LogP contribution in [0.1, 0.15) is 37.9 Å². The van der Waals surface area contributed by atoms with Crippen molar-refractivity contribution in [1.29, 1.82) is 0 Å². The van der Waals surface area contributed by atoms with Crippen LogP contribution in [0.5, 0.6) is 0 Å². The second-order valence-corrected chi connectivity index (χ2v) is 6.13. The standard InChI is InChI=1S/C17H27FN4O.HI/c1-11(2)20-17(19-10-16(23)22(5)6)21-13(4)14-8-7-12(3)15(18)9-14;/h7-9,11,13H,10H2,1-6H3,(H2,19,20,21);1H. The van der Waals surface area contributed by atoms with Gasteiger partial charge in [0.15, 0.2) is 5.96 Å². The first-order valence-corrected chi connectivity index (χ1v) is 7.74. The number of nitrogens with one attached hydrogen (secondary N) is 2.